The molecule has 2 heterocycles. The number of carbonyl (C=O) groups excluding carboxylic acids is 2. The van der Waals surface area contributed by atoms with Crippen LogP contribution in [-0.4, -0.2) is 22.9 Å². The van der Waals surface area contributed by atoms with E-state index in [-0.39, 0.29) is 11.8 Å². The van der Waals surface area contributed by atoms with Gasteiger partial charge in [0.15, 0.2) is 0 Å². The molecule has 25 heavy (non-hydrogen) atoms. The Morgan fingerprint density at radius 3 is 2.68 bits per heavy atom. The molecule has 1 saturated heterocycles. The third-order valence-electron chi connectivity index (χ3n) is 5.13. The molecule has 1 N–H and O–H groups in total. The smallest absolute Gasteiger partial charge is 0.257 e. The predicted molar refractivity (Wildman–Crippen MR) is 98.2 cm³/mol. The third-order valence-corrected chi connectivity index (χ3v) is 5.13. The quantitative estimate of drug-likeness (QED) is 0.922. The predicted octanol–water partition coefficient (Wildman–Crippen LogP) is 3.82. The molecule has 4 rings (SSSR count). The van der Waals surface area contributed by atoms with E-state index >= 15 is 0 Å². The van der Waals surface area contributed by atoms with Gasteiger partial charge in [-0.25, -0.2) is 0 Å². The van der Waals surface area contributed by atoms with E-state index in [9.17, 15) is 9.59 Å². The van der Waals surface area contributed by atoms with Gasteiger partial charge in [-0.15, -0.1) is 0 Å². The number of hydrogen-bond donors (Lipinski definition) is 1. The minimum Gasteiger partial charge on any atom is -0.345 e. The molecule has 130 valence electrons. The summed E-state index contributed by atoms with van der Waals surface area (Å²) in [6, 6.07) is 10.1. The maximum absolute atomic E-state index is 12.7. The van der Waals surface area contributed by atoms with Crippen molar-refractivity contribution in [1.82, 2.24) is 4.57 Å². The summed E-state index contributed by atoms with van der Waals surface area (Å²) >= 11 is 0. The maximum atomic E-state index is 12.7. The summed E-state index contributed by atoms with van der Waals surface area (Å²) in [7, 11) is 0. The van der Waals surface area contributed by atoms with Crippen molar-refractivity contribution in [2.24, 2.45) is 0 Å². The van der Waals surface area contributed by atoms with Crippen LogP contribution >= 0.6 is 0 Å². The van der Waals surface area contributed by atoms with E-state index in [4.69, 9.17) is 0 Å². The lowest BCUT2D eigenvalue weighted by molar-refractivity contribution is -0.117. The van der Waals surface area contributed by atoms with E-state index in [1.807, 2.05) is 37.3 Å². The van der Waals surface area contributed by atoms with Gasteiger partial charge in [0.1, 0.15) is 0 Å². The molecule has 1 aliphatic carbocycles. The van der Waals surface area contributed by atoms with Crippen molar-refractivity contribution in [2.45, 2.75) is 45.6 Å². The first kappa shape index (κ1) is 15.9. The molecule has 5 heteroatoms. The van der Waals surface area contributed by atoms with Crippen LogP contribution in [0.5, 0.6) is 0 Å². The van der Waals surface area contributed by atoms with E-state index in [0.29, 0.717) is 12.5 Å². The van der Waals surface area contributed by atoms with Crippen LogP contribution in [-0.2, 0) is 4.79 Å². The molecular weight excluding hydrogens is 314 g/mol. The van der Waals surface area contributed by atoms with Crippen LogP contribution in [0.1, 0.15) is 53.5 Å². The number of hydrogen-bond acceptors (Lipinski definition) is 2. The minimum atomic E-state index is -0.0927. The number of aryl methyl sites for hydroxylation is 1. The fourth-order valence-electron chi connectivity index (χ4n) is 3.77. The van der Waals surface area contributed by atoms with Crippen molar-refractivity contribution in [1.29, 1.82) is 0 Å². The van der Waals surface area contributed by atoms with E-state index in [1.54, 1.807) is 4.90 Å². The van der Waals surface area contributed by atoms with Gasteiger partial charge in [0, 0.05) is 41.8 Å². The molecular formula is C20H23N3O2. The van der Waals surface area contributed by atoms with Crippen molar-refractivity contribution >= 4 is 23.2 Å². The molecule has 0 atom stereocenters. The minimum absolute atomic E-state index is 0.0927. The molecule has 5 nitrogen and oxygen atoms in total. The number of anilines is 2. The van der Waals surface area contributed by atoms with Crippen molar-refractivity contribution < 1.29 is 9.59 Å². The fourth-order valence-corrected chi connectivity index (χ4v) is 3.77. The summed E-state index contributed by atoms with van der Waals surface area (Å²) in [4.78, 5) is 26.4. The second-order valence-corrected chi connectivity index (χ2v) is 7.04. The lowest BCUT2D eigenvalue weighted by Gasteiger charge is -2.16. The van der Waals surface area contributed by atoms with Crippen LogP contribution in [0.3, 0.4) is 0 Å². The van der Waals surface area contributed by atoms with Crippen LogP contribution in [0, 0.1) is 13.8 Å². The van der Waals surface area contributed by atoms with Gasteiger partial charge in [0.25, 0.3) is 5.91 Å². The summed E-state index contributed by atoms with van der Waals surface area (Å²) in [5.74, 6) is 0.0568. The molecule has 1 saturated carbocycles. The normalized spacial score (nSPS) is 17.2. The van der Waals surface area contributed by atoms with E-state index in [0.717, 1.165) is 41.3 Å². The average Bonchev–Trinajstić information content (AvgIpc) is 3.24. The number of amides is 2. The molecule has 1 aliphatic heterocycles. The number of nitrogens with zero attached hydrogens (tertiary/aromatic N) is 2. The van der Waals surface area contributed by atoms with Crippen LogP contribution in [0.2, 0.25) is 0 Å². The van der Waals surface area contributed by atoms with Gasteiger partial charge in [-0.1, -0.05) is 6.07 Å². The average molecular weight is 337 g/mol. The lowest BCUT2D eigenvalue weighted by atomic mass is 10.2. The maximum Gasteiger partial charge on any atom is 0.257 e. The highest BCUT2D eigenvalue weighted by Crippen LogP contribution is 2.38. The molecule has 2 amide bonds. The van der Waals surface area contributed by atoms with Crippen LogP contribution in [0.25, 0.3) is 0 Å². The summed E-state index contributed by atoms with van der Waals surface area (Å²) in [5, 5.41) is 2.99. The highest BCUT2D eigenvalue weighted by atomic mass is 16.2. The van der Waals surface area contributed by atoms with Crippen LogP contribution in [0.4, 0.5) is 11.4 Å². The first-order valence-electron chi connectivity index (χ1n) is 8.95. The Balaban J connectivity index is 1.55. The van der Waals surface area contributed by atoms with Gasteiger partial charge in [-0.3, -0.25) is 9.59 Å². The van der Waals surface area contributed by atoms with Crippen molar-refractivity contribution in [3.05, 3.63) is 47.3 Å². The molecule has 0 unspecified atom stereocenters. The Morgan fingerprint density at radius 2 is 2.00 bits per heavy atom. The number of rotatable bonds is 4. The van der Waals surface area contributed by atoms with Crippen molar-refractivity contribution in [2.75, 3.05) is 16.8 Å². The fraction of sp³-hybridized carbons (Fsp3) is 0.400. The van der Waals surface area contributed by atoms with E-state index in [1.165, 1.54) is 12.8 Å². The highest BCUT2D eigenvalue weighted by molar-refractivity contribution is 6.06. The molecule has 0 radical (unpaired) electrons. The van der Waals surface area contributed by atoms with Crippen LogP contribution in [0.15, 0.2) is 30.3 Å². The summed E-state index contributed by atoms with van der Waals surface area (Å²) < 4.78 is 2.27. The SMILES string of the molecule is Cc1cc(C(=O)Nc2cccc(N3CCCC3=O)c2)c(C)n1C1CC1. The Bertz CT molecular complexity index is 849. The van der Waals surface area contributed by atoms with E-state index in [2.05, 4.69) is 16.8 Å². The first-order valence-corrected chi connectivity index (χ1v) is 8.95. The molecule has 2 aliphatic rings. The molecule has 2 aromatic rings. The molecule has 1 aromatic heterocycles. The third kappa shape index (κ3) is 2.95. The van der Waals surface area contributed by atoms with Gasteiger partial charge in [0.05, 0.1) is 5.56 Å². The zero-order valence-corrected chi connectivity index (χ0v) is 14.7. The second kappa shape index (κ2) is 6.06. The summed E-state index contributed by atoms with van der Waals surface area (Å²) in [5.41, 5.74) is 4.47. The lowest BCUT2D eigenvalue weighted by Crippen LogP contribution is -2.23. The Morgan fingerprint density at radius 1 is 1.20 bits per heavy atom. The Kier molecular flexibility index (Phi) is 3.86. The topological polar surface area (TPSA) is 54.3 Å². The van der Waals surface area contributed by atoms with Gasteiger partial charge in [-0.05, 0) is 57.4 Å². The molecule has 1 aromatic carbocycles. The highest BCUT2D eigenvalue weighted by Gasteiger charge is 2.28. The zero-order chi connectivity index (χ0) is 17.6. The second-order valence-electron chi connectivity index (χ2n) is 7.04. The number of benzene rings is 1. The van der Waals surface area contributed by atoms with Gasteiger partial charge in [0.2, 0.25) is 5.91 Å². The summed E-state index contributed by atoms with van der Waals surface area (Å²) in [6.07, 6.45) is 3.89. The largest absolute Gasteiger partial charge is 0.345 e. The van der Waals surface area contributed by atoms with Crippen LogP contribution < -0.4 is 10.2 Å². The molecule has 0 bridgehead atoms. The first-order chi connectivity index (χ1) is 12.0. The number of aromatic nitrogens is 1. The number of nitrogens with one attached hydrogen (secondary N) is 1. The van der Waals surface area contributed by atoms with Gasteiger partial charge in [-0.2, -0.15) is 0 Å². The van der Waals surface area contributed by atoms with Gasteiger partial charge >= 0.3 is 0 Å². The molecule has 0 spiro atoms. The Hall–Kier alpha value is -2.56. The number of carbonyl (C=O) groups is 2. The monoisotopic (exact) mass is 337 g/mol. The van der Waals surface area contributed by atoms with Gasteiger partial charge < -0.3 is 14.8 Å². The van der Waals surface area contributed by atoms with Crippen molar-refractivity contribution in [3.63, 3.8) is 0 Å². The van der Waals surface area contributed by atoms with Crippen molar-refractivity contribution in [3.8, 4) is 0 Å². The standard InChI is InChI=1S/C20H23N3O2/c1-13-11-18(14(2)23(13)16-8-9-16)20(25)21-15-5-3-6-17(12-15)22-10-4-7-19(22)24/h3,5-6,11-12,16H,4,7-10H2,1-2H3,(H,21,25). The Labute approximate surface area is 147 Å². The molecule has 2 fully saturated rings. The summed E-state index contributed by atoms with van der Waals surface area (Å²) in [6.45, 7) is 4.82. The van der Waals surface area contributed by atoms with E-state index < -0.39 is 0 Å². The zero-order valence-electron chi connectivity index (χ0n) is 14.7.